The second-order valence-electron chi connectivity index (χ2n) is 7.55. The molecule has 0 unspecified atom stereocenters. The second-order valence-corrected chi connectivity index (χ2v) is 7.55. The lowest BCUT2D eigenvalue weighted by molar-refractivity contribution is 0.0928. The van der Waals surface area contributed by atoms with E-state index in [1.807, 2.05) is 56.6 Å². The van der Waals surface area contributed by atoms with E-state index in [2.05, 4.69) is 15.7 Å². The molecule has 0 atom stereocenters. The summed E-state index contributed by atoms with van der Waals surface area (Å²) >= 11 is 0. The molecular weight excluding hydrogens is 366 g/mol. The molecule has 0 fully saturated rings. The number of fused-ring (bicyclic) bond motifs is 1. The average molecular weight is 393 g/mol. The van der Waals surface area contributed by atoms with Crippen LogP contribution in [0.3, 0.4) is 0 Å². The number of nitrogens with one attached hydrogen (secondary N) is 2. The minimum Gasteiger partial charge on any atom is -0.350 e. The smallest absolute Gasteiger partial charge is 0.252 e. The van der Waals surface area contributed by atoms with Gasteiger partial charge in [0.1, 0.15) is 0 Å². The number of hydrogen-bond acceptors (Lipinski definition) is 4. The lowest BCUT2D eigenvalue weighted by Gasteiger charge is -2.12. The van der Waals surface area contributed by atoms with E-state index in [0.717, 1.165) is 11.1 Å². The van der Waals surface area contributed by atoms with Crippen molar-refractivity contribution in [2.75, 3.05) is 13.1 Å². The molecule has 2 heterocycles. The average Bonchev–Trinajstić information content (AvgIpc) is 3.15. The number of amides is 2. The van der Waals surface area contributed by atoms with Gasteiger partial charge in [0.2, 0.25) is 0 Å². The van der Waals surface area contributed by atoms with Gasteiger partial charge in [0.25, 0.3) is 11.8 Å². The predicted octanol–water partition coefficient (Wildman–Crippen LogP) is 3.30. The third-order valence-electron chi connectivity index (χ3n) is 4.64. The number of aromatic nitrogens is 3. The Balaban J connectivity index is 1.71. The molecular formula is C22H27N5O2. The van der Waals surface area contributed by atoms with Crippen LogP contribution in [0.25, 0.3) is 11.0 Å². The van der Waals surface area contributed by atoms with E-state index in [1.165, 1.54) is 0 Å². The van der Waals surface area contributed by atoms with E-state index in [1.54, 1.807) is 18.3 Å². The van der Waals surface area contributed by atoms with E-state index in [-0.39, 0.29) is 23.8 Å². The van der Waals surface area contributed by atoms with Gasteiger partial charge in [-0.2, -0.15) is 5.10 Å². The van der Waals surface area contributed by atoms with Gasteiger partial charge in [-0.05, 0) is 38.0 Å². The lowest BCUT2D eigenvalue weighted by Crippen LogP contribution is -2.34. The predicted molar refractivity (Wildman–Crippen MR) is 113 cm³/mol. The summed E-state index contributed by atoms with van der Waals surface area (Å²) in [6.07, 6.45) is 1.69. The minimum absolute atomic E-state index is 0.145. The standard InChI is InChI=1S/C22H27N5O2/c1-14(2)19-12-17(18-13-25-27(15(3)4)20(18)26-19)22(29)24-11-10-23-21(28)16-8-6-5-7-9-16/h5-9,12-15H,10-11H2,1-4H3,(H,23,28)(H,24,29). The monoisotopic (exact) mass is 393 g/mol. The molecule has 152 valence electrons. The third-order valence-corrected chi connectivity index (χ3v) is 4.64. The fourth-order valence-corrected chi connectivity index (χ4v) is 3.04. The van der Waals surface area contributed by atoms with E-state index >= 15 is 0 Å². The van der Waals surface area contributed by atoms with Crippen LogP contribution in [0, 0.1) is 0 Å². The highest BCUT2D eigenvalue weighted by molar-refractivity contribution is 6.05. The quantitative estimate of drug-likeness (QED) is 0.603. The molecule has 0 radical (unpaired) electrons. The van der Waals surface area contributed by atoms with Crippen molar-refractivity contribution in [2.45, 2.75) is 39.7 Å². The van der Waals surface area contributed by atoms with Crippen molar-refractivity contribution in [2.24, 2.45) is 0 Å². The van der Waals surface area contributed by atoms with Gasteiger partial charge in [-0.1, -0.05) is 32.0 Å². The van der Waals surface area contributed by atoms with Crippen LogP contribution in [0.5, 0.6) is 0 Å². The zero-order valence-electron chi connectivity index (χ0n) is 17.3. The van der Waals surface area contributed by atoms with Gasteiger partial charge in [-0.3, -0.25) is 9.59 Å². The maximum Gasteiger partial charge on any atom is 0.252 e. The highest BCUT2D eigenvalue weighted by atomic mass is 16.2. The second kappa shape index (κ2) is 8.86. The Morgan fingerprint density at radius 2 is 1.66 bits per heavy atom. The maximum absolute atomic E-state index is 12.8. The number of rotatable bonds is 7. The highest BCUT2D eigenvalue weighted by Gasteiger charge is 2.18. The number of carbonyl (C=O) groups is 2. The van der Waals surface area contributed by atoms with Crippen LogP contribution in [0.4, 0.5) is 0 Å². The third kappa shape index (κ3) is 4.62. The largest absolute Gasteiger partial charge is 0.350 e. The molecule has 0 aliphatic rings. The van der Waals surface area contributed by atoms with Crippen molar-refractivity contribution in [3.63, 3.8) is 0 Å². The SMILES string of the molecule is CC(C)c1cc(C(=O)NCCNC(=O)c2ccccc2)c2cnn(C(C)C)c2n1. The first-order valence-corrected chi connectivity index (χ1v) is 9.88. The molecule has 0 bridgehead atoms. The number of hydrogen-bond donors (Lipinski definition) is 2. The van der Waals surface area contributed by atoms with E-state index < -0.39 is 0 Å². The molecule has 3 aromatic rings. The van der Waals surface area contributed by atoms with E-state index in [9.17, 15) is 9.59 Å². The Kier molecular flexibility index (Phi) is 6.26. The first-order chi connectivity index (χ1) is 13.9. The summed E-state index contributed by atoms with van der Waals surface area (Å²) in [6.45, 7) is 8.83. The molecule has 7 heteroatoms. The van der Waals surface area contributed by atoms with Crippen LogP contribution in [-0.4, -0.2) is 39.7 Å². The van der Waals surface area contributed by atoms with Gasteiger partial charge in [-0.25, -0.2) is 9.67 Å². The maximum atomic E-state index is 12.8. The molecule has 0 aliphatic carbocycles. The summed E-state index contributed by atoms with van der Waals surface area (Å²) in [4.78, 5) is 29.6. The Labute approximate surface area is 170 Å². The summed E-state index contributed by atoms with van der Waals surface area (Å²) in [5.74, 6) is -0.172. The topological polar surface area (TPSA) is 88.9 Å². The zero-order valence-corrected chi connectivity index (χ0v) is 17.3. The van der Waals surface area contributed by atoms with E-state index in [4.69, 9.17) is 4.98 Å². The van der Waals surface area contributed by atoms with Gasteiger partial charge in [0.05, 0.1) is 17.1 Å². The van der Waals surface area contributed by atoms with Crippen LogP contribution in [0.1, 0.15) is 66.1 Å². The summed E-state index contributed by atoms with van der Waals surface area (Å²) in [7, 11) is 0. The summed E-state index contributed by atoms with van der Waals surface area (Å²) in [5.41, 5.74) is 2.72. The zero-order chi connectivity index (χ0) is 21.0. The molecule has 1 aromatic carbocycles. The molecule has 0 saturated heterocycles. The van der Waals surface area contributed by atoms with Crippen molar-refractivity contribution in [1.82, 2.24) is 25.4 Å². The van der Waals surface area contributed by atoms with Gasteiger partial charge in [0.15, 0.2) is 5.65 Å². The van der Waals surface area contributed by atoms with Gasteiger partial charge < -0.3 is 10.6 Å². The van der Waals surface area contributed by atoms with Crippen LogP contribution in [0.2, 0.25) is 0 Å². The number of carbonyl (C=O) groups excluding carboxylic acids is 2. The molecule has 2 N–H and O–H groups in total. The van der Waals surface area contributed by atoms with Crippen LogP contribution in [-0.2, 0) is 0 Å². The van der Waals surface area contributed by atoms with Crippen LogP contribution >= 0.6 is 0 Å². The van der Waals surface area contributed by atoms with Gasteiger partial charge in [-0.15, -0.1) is 0 Å². The molecule has 0 aliphatic heterocycles. The summed E-state index contributed by atoms with van der Waals surface area (Å²) < 4.78 is 1.83. The summed E-state index contributed by atoms with van der Waals surface area (Å²) in [5, 5.41) is 10.8. The van der Waals surface area contributed by atoms with Crippen molar-refractivity contribution in [3.05, 3.63) is 59.4 Å². The Morgan fingerprint density at radius 3 is 2.28 bits per heavy atom. The van der Waals surface area contributed by atoms with Crippen molar-refractivity contribution in [3.8, 4) is 0 Å². The van der Waals surface area contributed by atoms with Crippen LogP contribution in [0.15, 0.2) is 42.6 Å². The van der Waals surface area contributed by atoms with Crippen molar-refractivity contribution in [1.29, 1.82) is 0 Å². The first kappa shape index (κ1) is 20.5. The molecule has 2 aromatic heterocycles. The molecule has 0 saturated carbocycles. The van der Waals surface area contributed by atoms with Crippen molar-refractivity contribution >= 4 is 22.8 Å². The molecule has 2 amide bonds. The summed E-state index contributed by atoms with van der Waals surface area (Å²) in [6, 6.07) is 11.0. The number of pyridine rings is 1. The fraction of sp³-hybridized carbons (Fsp3) is 0.364. The fourth-order valence-electron chi connectivity index (χ4n) is 3.04. The molecule has 29 heavy (non-hydrogen) atoms. The van der Waals surface area contributed by atoms with E-state index in [0.29, 0.717) is 29.9 Å². The molecule has 3 rings (SSSR count). The lowest BCUT2D eigenvalue weighted by atomic mass is 10.0. The Bertz CT molecular complexity index is 1010. The Hall–Kier alpha value is -3.22. The van der Waals surface area contributed by atoms with Crippen LogP contribution < -0.4 is 10.6 Å². The van der Waals surface area contributed by atoms with Crippen molar-refractivity contribution < 1.29 is 9.59 Å². The minimum atomic E-state index is -0.198. The Morgan fingerprint density at radius 1 is 1.00 bits per heavy atom. The molecule has 7 nitrogen and oxygen atoms in total. The van der Waals surface area contributed by atoms with Gasteiger partial charge in [0, 0.05) is 30.4 Å². The highest BCUT2D eigenvalue weighted by Crippen LogP contribution is 2.24. The van der Waals surface area contributed by atoms with Gasteiger partial charge >= 0.3 is 0 Å². The number of nitrogens with zero attached hydrogens (tertiary/aromatic N) is 3. The normalized spacial score (nSPS) is 11.2. The number of benzene rings is 1. The first-order valence-electron chi connectivity index (χ1n) is 9.88. The molecule has 0 spiro atoms.